The molecule has 1 aliphatic rings. The average molecular weight is 567 g/mol. The second-order valence-electron chi connectivity index (χ2n) is 10.9. The lowest BCUT2D eigenvalue weighted by Gasteiger charge is -2.16. The molecule has 0 saturated carbocycles. The van der Waals surface area contributed by atoms with Crippen molar-refractivity contribution in [3.63, 3.8) is 0 Å². The highest BCUT2D eigenvalue weighted by atomic mass is 15.1. The highest BCUT2D eigenvalue weighted by molar-refractivity contribution is 6.08. The van der Waals surface area contributed by atoms with E-state index in [-0.39, 0.29) is 0 Å². The number of pyridine rings is 3. The van der Waals surface area contributed by atoms with E-state index in [0.29, 0.717) is 0 Å². The van der Waals surface area contributed by atoms with E-state index in [2.05, 4.69) is 129 Å². The van der Waals surface area contributed by atoms with Crippen molar-refractivity contribution in [3.05, 3.63) is 139 Å². The van der Waals surface area contributed by atoms with Crippen LogP contribution < -0.4 is 5.32 Å². The molecule has 0 atom stereocenters. The van der Waals surface area contributed by atoms with E-state index in [9.17, 15) is 0 Å². The zero-order valence-corrected chi connectivity index (χ0v) is 23.7. The molecule has 0 aliphatic carbocycles. The molecule has 9 rings (SSSR count). The zero-order valence-electron chi connectivity index (χ0n) is 23.7. The van der Waals surface area contributed by atoms with Crippen molar-refractivity contribution in [1.82, 2.24) is 24.1 Å². The second-order valence-corrected chi connectivity index (χ2v) is 10.9. The van der Waals surface area contributed by atoms with Gasteiger partial charge in [-0.2, -0.15) is 0 Å². The molecule has 1 aliphatic heterocycles. The Kier molecular flexibility index (Phi) is 5.46. The van der Waals surface area contributed by atoms with E-state index in [1.165, 1.54) is 11.1 Å². The predicted octanol–water partition coefficient (Wildman–Crippen LogP) is 8.69. The second kappa shape index (κ2) is 9.78. The minimum atomic E-state index is 0.817. The molecule has 0 fully saturated rings. The molecule has 0 radical (unpaired) electrons. The Morgan fingerprint density at radius 1 is 0.568 bits per heavy atom. The van der Waals surface area contributed by atoms with Gasteiger partial charge in [0.25, 0.3) is 0 Å². The van der Waals surface area contributed by atoms with Crippen LogP contribution in [0.5, 0.6) is 0 Å². The lowest BCUT2D eigenvalue weighted by Crippen LogP contribution is -2.06. The Hall–Kier alpha value is -6.01. The number of nitrogens with zero attached hydrogens (tertiary/aromatic N) is 5. The van der Waals surface area contributed by atoms with Crippen LogP contribution in [0.1, 0.15) is 5.69 Å². The van der Waals surface area contributed by atoms with Crippen LogP contribution in [-0.2, 0) is 0 Å². The highest BCUT2D eigenvalue weighted by Gasteiger charge is 2.21. The first kappa shape index (κ1) is 24.6. The van der Waals surface area contributed by atoms with E-state index in [1.54, 1.807) is 0 Å². The summed E-state index contributed by atoms with van der Waals surface area (Å²) in [4.78, 5) is 14.7. The third-order valence-electron chi connectivity index (χ3n) is 8.45. The van der Waals surface area contributed by atoms with E-state index in [4.69, 9.17) is 9.97 Å². The zero-order chi connectivity index (χ0) is 29.0. The minimum absolute atomic E-state index is 0.817. The van der Waals surface area contributed by atoms with Gasteiger partial charge in [0, 0.05) is 40.7 Å². The number of anilines is 1. The third-order valence-corrected chi connectivity index (χ3v) is 8.45. The van der Waals surface area contributed by atoms with Gasteiger partial charge in [-0.15, -0.1) is 0 Å². The maximum atomic E-state index is 5.19. The lowest BCUT2D eigenvalue weighted by atomic mass is 10.1. The minimum Gasteiger partial charge on any atom is -0.379 e. The summed E-state index contributed by atoms with van der Waals surface area (Å²) in [6, 6.07) is 39.8. The summed E-state index contributed by atoms with van der Waals surface area (Å²) < 4.78 is 4.55. The van der Waals surface area contributed by atoms with Gasteiger partial charge in [0.05, 0.1) is 50.7 Å². The molecule has 0 bridgehead atoms. The lowest BCUT2D eigenvalue weighted by molar-refractivity contribution is 1.07. The topological polar surface area (TPSA) is 60.6 Å². The summed E-state index contributed by atoms with van der Waals surface area (Å²) in [5.41, 5.74) is 10.3. The Bertz CT molecular complexity index is 2360. The number of benzene rings is 3. The van der Waals surface area contributed by atoms with Crippen molar-refractivity contribution in [2.45, 2.75) is 0 Å². The van der Waals surface area contributed by atoms with Crippen LogP contribution in [0.2, 0.25) is 0 Å². The first-order valence-electron chi connectivity index (χ1n) is 14.8. The molecule has 8 aromatic rings. The fraction of sp³-hybridized carbons (Fsp3) is 0.0263. The first-order chi connectivity index (χ1) is 21.8. The van der Waals surface area contributed by atoms with Crippen LogP contribution in [0, 0.1) is 0 Å². The van der Waals surface area contributed by atoms with E-state index >= 15 is 0 Å². The van der Waals surface area contributed by atoms with Gasteiger partial charge in [0.1, 0.15) is 5.82 Å². The SMILES string of the molecule is C1=Cc2c(c3ccccc3n2-c2ccccc2-c2cccc(-c3cccc(-n4c5ccccc5c5cnccc54)n3)n2)NC1. The Morgan fingerprint density at radius 2 is 1.27 bits per heavy atom. The number of rotatable bonds is 4. The van der Waals surface area contributed by atoms with Crippen molar-refractivity contribution in [2.75, 3.05) is 11.9 Å². The van der Waals surface area contributed by atoms with Crippen molar-refractivity contribution in [2.24, 2.45) is 0 Å². The van der Waals surface area contributed by atoms with E-state index in [1.807, 2.05) is 30.6 Å². The monoisotopic (exact) mass is 566 g/mol. The standard InChI is InChI=1S/C38H26N6/c1-4-16-32-25(10-1)28-24-39-23-21-35(28)44(32)37-20-8-15-31(42-37)30-14-7-13-29(41-30)26-11-2-5-17-33(26)43-34-18-6-3-12-27(34)38-36(43)19-9-22-40-38/h1-21,23-24,40H,22H2. The summed E-state index contributed by atoms with van der Waals surface area (Å²) in [5.74, 6) is 0.845. The van der Waals surface area contributed by atoms with Gasteiger partial charge < -0.3 is 9.88 Å². The molecule has 0 unspecified atom stereocenters. The van der Waals surface area contributed by atoms with Gasteiger partial charge in [-0.25, -0.2) is 9.97 Å². The first-order valence-corrected chi connectivity index (χ1v) is 14.8. The smallest absolute Gasteiger partial charge is 0.138 e. The molecule has 6 heteroatoms. The summed E-state index contributed by atoms with van der Waals surface area (Å²) >= 11 is 0. The number of hydrogen-bond donors (Lipinski definition) is 1. The quantitative estimate of drug-likeness (QED) is 0.232. The van der Waals surface area contributed by atoms with Crippen molar-refractivity contribution >= 4 is 44.5 Å². The Morgan fingerprint density at radius 3 is 2.18 bits per heavy atom. The molecular weight excluding hydrogens is 540 g/mol. The van der Waals surface area contributed by atoms with Crippen molar-refractivity contribution < 1.29 is 0 Å². The molecule has 44 heavy (non-hydrogen) atoms. The number of hydrogen-bond acceptors (Lipinski definition) is 4. The van der Waals surface area contributed by atoms with Gasteiger partial charge >= 0.3 is 0 Å². The number of fused-ring (bicyclic) bond motifs is 6. The molecule has 3 aromatic carbocycles. The largest absolute Gasteiger partial charge is 0.379 e. The molecule has 6 heterocycles. The van der Waals surface area contributed by atoms with Gasteiger partial charge in [-0.05, 0) is 54.6 Å². The summed E-state index contributed by atoms with van der Waals surface area (Å²) in [6.45, 7) is 0.823. The summed E-state index contributed by atoms with van der Waals surface area (Å²) in [7, 11) is 0. The van der Waals surface area contributed by atoms with Gasteiger partial charge in [-0.3, -0.25) is 9.55 Å². The van der Waals surface area contributed by atoms with Crippen LogP contribution in [0.4, 0.5) is 5.69 Å². The molecular formula is C38H26N6. The molecule has 1 N–H and O–H groups in total. The number of aromatic nitrogens is 5. The predicted molar refractivity (Wildman–Crippen MR) is 179 cm³/mol. The highest BCUT2D eigenvalue weighted by Crippen LogP contribution is 2.39. The Labute approximate surface area is 253 Å². The molecule has 208 valence electrons. The Balaban J connectivity index is 1.19. The van der Waals surface area contributed by atoms with E-state index < -0.39 is 0 Å². The number of para-hydroxylation sites is 3. The molecule has 5 aromatic heterocycles. The molecule has 0 amide bonds. The van der Waals surface area contributed by atoms with Crippen LogP contribution in [0.15, 0.2) is 134 Å². The maximum Gasteiger partial charge on any atom is 0.138 e. The molecule has 6 nitrogen and oxygen atoms in total. The van der Waals surface area contributed by atoms with Crippen molar-refractivity contribution in [1.29, 1.82) is 0 Å². The average Bonchev–Trinajstić information content (AvgIpc) is 3.62. The molecule has 0 spiro atoms. The van der Waals surface area contributed by atoms with Crippen molar-refractivity contribution in [3.8, 4) is 34.2 Å². The van der Waals surface area contributed by atoms with Gasteiger partial charge in [0.2, 0.25) is 0 Å². The maximum absolute atomic E-state index is 5.19. The van der Waals surface area contributed by atoms with Gasteiger partial charge in [-0.1, -0.05) is 72.8 Å². The third kappa shape index (κ3) is 3.71. The van der Waals surface area contributed by atoms with Crippen LogP contribution in [-0.4, -0.2) is 30.6 Å². The van der Waals surface area contributed by atoms with Crippen LogP contribution >= 0.6 is 0 Å². The van der Waals surface area contributed by atoms with Crippen LogP contribution in [0.25, 0.3) is 72.9 Å². The number of nitrogens with one attached hydrogen (secondary N) is 1. The van der Waals surface area contributed by atoms with E-state index in [0.717, 1.165) is 73.7 Å². The summed E-state index contributed by atoms with van der Waals surface area (Å²) in [5, 5.41) is 7.07. The fourth-order valence-corrected chi connectivity index (χ4v) is 6.56. The van der Waals surface area contributed by atoms with Crippen LogP contribution in [0.3, 0.4) is 0 Å². The normalized spacial score (nSPS) is 12.5. The summed E-state index contributed by atoms with van der Waals surface area (Å²) in [6.07, 6.45) is 8.15. The fourth-order valence-electron chi connectivity index (χ4n) is 6.56. The molecule has 0 saturated heterocycles. The van der Waals surface area contributed by atoms with Gasteiger partial charge in [0.15, 0.2) is 0 Å².